The number of carbonyl (C=O) groups excluding carboxylic acids is 1. The van der Waals surface area contributed by atoms with Gasteiger partial charge in [-0.25, -0.2) is 14.8 Å². The molecule has 0 saturated carbocycles. The number of pyridine rings is 2. The summed E-state index contributed by atoms with van der Waals surface area (Å²) in [5.41, 5.74) is 4.14. The Bertz CT molecular complexity index is 5240. The maximum absolute atomic E-state index is 11.2. The molecule has 9 nitrogen and oxygen atoms in total. The Balaban J connectivity index is 0.000000130. The zero-order chi connectivity index (χ0) is 84.2. The molecule has 5 heterocycles. The Morgan fingerprint density at radius 1 is 0.361 bits per heavy atom. The number of halogens is 3. The van der Waals surface area contributed by atoms with Crippen molar-refractivity contribution in [2.24, 2.45) is 7.05 Å². The van der Waals surface area contributed by atoms with Gasteiger partial charge in [-0.2, -0.15) is 0 Å². The Morgan fingerprint density at radius 3 is 0.934 bits per heavy atom. The van der Waals surface area contributed by atoms with E-state index in [1.165, 1.54) is 68.2 Å². The molecule has 122 heavy (non-hydrogen) atoms. The van der Waals surface area contributed by atoms with Crippen LogP contribution in [0.5, 0.6) is 5.75 Å². The second-order valence-electron chi connectivity index (χ2n) is 28.7. The van der Waals surface area contributed by atoms with Crippen LogP contribution in [-0.4, -0.2) is 38.8 Å². The number of benzene rings is 14. The Hall–Kier alpha value is -10.5. The summed E-state index contributed by atoms with van der Waals surface area (Å²) in [6.07, 6.45) is 3.63. The van der Waals surface area contributed by atoms with Crippen LogP contribution < -0.4 is 79.6 Å². The van der Waals surface area contributed by atoms with Crippen LogP contribution >= 0.6 is 70.8 Å². The largest absolute Gasteiger partial charge is 0.498 e. The van der Waals surface area contributed by atoms with Gasteiger partial charge in [0.25, 0.3) is 0 Å². The average Bonchev–Trinajstić information content (AvgIpc) is 1.62. The fraction of sp³-hybridized carbons (Fsp3) is 0.0769. The molecule has 17 aromatic rings. The topological polar surface area (TPSA) is 106 Å². The molecule has 14 aromatic carbocycles. The minimum Gasteiger partial charge on any atom is -0.426 e. The van der Waals surface area contributed by atoms with Crippen molar-refractivity contribution >= 4 is 164 Å². The van der Waals surface area contributed by atoms with Gasteiger partial charge in [-0.1, -0.05) is 421 Å². The first-order valence-corrected chi connectivity index (χ1v) is 46.4. The predicted octanol–water partition coefficient (Wildman–Crippen LogP) is 20.6. The number of fused-ring (bicyclic) bond motifs is 2. The molecule has 0 radical (unpaired) electrons. The molecule has 0 aliphatic carbocycles. The molecule has 0 amide bonds. The van der Waals surface area contributed by atoms with E-state index < -0.39 is 38.8 Å². The van der Waals surface area contributed by atoms with Gasteiger partial charge in [0.15, 0.2) is 5.58 Å². The van der Waals surface area contributed by atoms with Gasteiger partial charge < -0.3 is 18.5 Å². The number of oxazole rings is 1. The van der Waals surface area contributed by atoms with Crippen molar-refractivity contribution in [3.05, 3.63) is 468 Å². The fourth-order valence-corrected chi connectivity index (χ4v) is 23.2. The van der Waals surface area contributed by atoms with E-state index in [9.17, 15) is 9.59 Å². The van der Waals surface area contributed by atoms with Gasteiger partial charge in [0.05, 0.1) is 23.1 Å². The second kappa shape index (κ2) is 45.6. The monoisotopic (exact) mass is 1870 g/mol. The van der Waals surface area contributed by atoms with Crippen LogP contribution in [0.25, 0.3) is 22.2 Å². The van der Waals surface area contributed by atoms with Gasteiger partial charge in [0.1, 0.15) is 16.1 Å². The molecule has 0 atom stereocenters. The third-order valence-electron chi connectivity index (χ3n) is 19.9. The van der Waals surface area contributed by atoms with E-state index in [1.807, 2.05) is 82.3 Å². The van der Waals surface area contributed by atoms with Crippen LogP contribution in [0.4, 0.5) is 0 Å². The molecule has 3 aromatic heterocycles. The molecule has 1 saturated heterocycles. The van der Waals surface area contributed by atoms with Gasteiger partial charge in [-0.05, 0) is 171 Å². The zero-order valence-corrected chi connectivity index (χ0v) is 76.1. The van der Waals surface area contributed by atoms with Gasteiger partial charge >= 0.3 is 18.8 Å². The van der Waals surface area contributed by atoms with E-state index >= 15 is 0 Å². The number of aromatic nitrogens is 3. The summed E-state index contributed by atoms with van der Waals surface area (Å²) in [6.45, 7) is 8.04. The van der Waals surface area contributed by atoms with Crippen LogP contribution in [0.2, 0.25) is 10.3 Å². The SMILES string of the molecule is CC1(C)OB(c2cccnc2Cl)OC1(C)C.Cn1c(=O)oc2cc(Br)ccc21.O=C1Cc2ccc(-c3cccnc3Cl)cc2O1.[Pd].c1ccc(P(c2ccccc2)c2ccccc2)cc1.c1ccc(P(c2ccccc2)c2ccccc2)cc1.c1ccc(P(c2ccccc2)c2ccccc2)cc1.c1ccc(P(c2ccccc2)c2ccccc2)cc1. The van der Waals surface area contributed by atoms with Gasteiger partial charge in [-0.3, -0.25) is 9.36 Å². The molecular formula is C104H89BBrCl2N3O6P4Pd. The maximum Gasteiger partial charge on any atom is 0.498 e. The van der Waals surface area contributed by atoms with E-state index in [1.54, 1.807) is 25.5 Å². The molecular weight excluding hydrogens is 1780 g/mol. The predicted molar refractivity (Wildman–Crippen MR) is 519 cm³/mol. The van der Waals surface area contributed by atoms with Gasteiger partial charge in [0, 0.05) is 60.9 Å². The molecule has 610 valence electrons. The number of hydrogen-bond acceptors (Lipinski definition) is 8. The summed E-state index contributed by atoms with van der Waals surface area (Å²) in [4.78, 5) is 30.2. The summed E-state index contributed by atoms with van der Waals surface area (Å²) in [7, 11) is -0.540. The molecule has 19 rings (SSSR count). The first-order chi connectivity index (χ1) is 59.1. The summed E-state index contributed by atoms with van der Waals surface area (Å²) in [6, 6.07) is 148. The van der Waals surface area contributed by atoms with E-state index in [2.05, 4.69) is 390 Å². The molecule has 2 aliphatic rings. The van der Waals surface area contributed by atoms with E-state index in [0.29, 0.717) is 28.1 Å². The van der Waals surface area contributed by atoms with Crippen molar-refractivity contribution in [1.82, 2.24) is 14.5 Å². The number of hydrogen-bond donors (Lipinski definition) is 0. The standard InChI is InChI=1S/4C18H15P.C13H8ClNO2.C11H15BClNO2.C8H6BrNO2.Pd/c4*1-4-10-16(11-5-1)19(17-12-6-2-7-13-17)18-14-8-3-9-15-18;14-13-10(2-1-5-15-13)8-3-4-9-7-12(16)17-11(9)6-8;1-10(2)11(3,4)16-12(15-10)8-6-5-7-14-9(8)13;1-10-6-3-2-5(9)4-7(6)12-8(10)11;/h4*1-15H;1-6H,7H2;5-7H,1-4H3;2-4H,1H3;. The second-order valence-corrected chi connectivity index (χ2v) is 39.2. The smallest absolute Gasteiger partial charge is 0.426 e. The van der Waals surface area contributed by atoms with Crippen LogP contribution in [-0.2, 0) is 48.0 Å². The normalized spacial score (nSPS) is 12.5. The number of carbonyl (C=O) groups is 1. The van der Waals surface area contributed by atoms with Crippen molar-refractivity contribution in [1.29, 1.82) is 0 Å². The zero-order valence-electron chi connectivity index (χ0n) is 67.9. The third kappa shape index (κ3) is 24.7. The van der Waals surface area contributed by atoms with Crippen LogP contribution in [0.15, 0.2) is 451 Å². The summed E-state index contributed by atoms with van der Waals surface area (Å²) >= 11 is 15.3. The molecule has 0 unspecified atom stereocenters. The summed E-state index contributed by atoms with van der Waals surface area (Å²) in [5.74, 6) is 0.0740. The number of aryl methyl sites for hydroxylation is 1. The third-order valence-corrected chi connectivity index (χ3v) is 30.8. The summed E-state index contributed by atoms with van der Waals surface area (Å²) in [5, 5.41) is 17.6. The average molecular weight is 1870 g/mol. The van der Waals surface area contributed by atoms with E-state index in [4.69, 9.17) is 41.7 Å². The molecule has 0 N–H and O–H groups in total. The van der Waals surface area contributed by atoms with Gasteiger partial charge in [-0.15, -0.1) is 0 Å². The minimum atomic E-state index is -0.446. The number of rotatable bonds is 14. The molecule has 2 aliphatic heterocycles. The number of nitrogens with zero attached hydrogens (tertiary/aromatic N) is 3. The molecule has 0 bridgehead atoms. The van der Waals surface area contributed by atoms with Crippen molar-refractivity contribution < 1.29 is 43.7 Å². The van der Waals surface area contributed by atoms with Crippen LogP contribution in [0.1, 0.15) is 33.3 Å². The van der Waals surface area contributed by atoms with Crippen LogP contribution in [0, 0.1) is 0 Å². The van der Waals surface area contributed by atoms with E-state index in [0.717, 1.165) is 32.1 Å². The molecule has 0 spiro atoms. The van der Waals surface area contributed by atoms with Gasteiger partial charge in [0.2, 0.25) is 0 Å². The Morgan fingerprint density at radius 2 is 0.648 bits per heavy atom. The van der Waals surface area contributed by atoms with Crippen molar-refractivity contribution in [2.45, 2.75) is 45.3 Å². The number of esters is 1. The van der Waals surface area contributed by atoms with Crippen molar-refractivity contribution in [2.75, 3.05) is 0 Å². The Labute approximate surface area is 753 Å². The van der Waals surface area contributed by atoms with Crippen molar-refractivity contribution in [3.63, 3.8) is 0 Å². The molecule has 1 fully saturated rings. The van der Waals surface area contributed by atoms with Crippen molar-refractivity contribution in [3.8, 4) is 16.9 Å². The van der Waals surface area contributed by atoms with E-state index in [-0.39, 0.29) is 43.4 Å². The summed E-state index contributed by atoms with van der Waals surface area (Å²) < 4.78 is 24.2. The quantitative estimate of drug-likeness (QED) is 0.0349. The maximum atomic E-state index is 11.2. The Kier molecular flexibility index (Phi) is 33.9. The first kappa shape index (κ1) is 90.8. The molecule has 18 heteroatoms. The first-order valence-electron chi connectivity index (χ1n) is 39.5. The van der Waals surface area contributed by atoms with Crippen LogP contribution in [0.3, 0.4) is 0 Å². The number of ether oxygens (including phenoxy) is 1. The fourth-order valence-electron chi connectivity index (χ4n) is 13.2. The minimum absolute atomic E-state index is 0.